The Labute approximate surface area is 195 Å². The van der Waals surface area contributed by atoms with E-state index in [9.17, 15) is 13.2 Å². The molecule has 10 heteroatoms. The molecule has 0 bridgehead atoms. The van der Waals surface area contributed by atoms with E-state index in [-0.39, 0.29) is 17.3 Å². The van der Waals surface area contributed by atoms with Crippen molar-refractivity contribution in [2.24, 2.45) is 5.73 Å². The number of benzene rings is 2. The lowest BCUT2D eigenvalue weighted by atomic mass is 10.2. The molecule has 0 fully saturated rings. The molecule has 0 saturated carbocycles. The molecule has 33 heavy (non-hydrogen) atoms. The predicted octanol–water partition coefficient (Wildman–Crippen LogP) is 2.37. The maximum atomic E-state index is 11.5. The van der Waals surface area contributed by atoms with E-state index in [1.807, 2.05) is 37.3 Å². The molecule has 0 heterocycles. The number of rotatable bonds is 14. The van der Waals surface area contributed by atoms with E-state index in [1.165, 1.54) is 12.1 Å². The number of nitrogens with two attached hydrogens (primary N) is 1. The van der Waals surface area contributed by atoms with Crippen molar-refractivity contribution < 1.29 is 36.7 Å². The quantitative estimate of drug-likeness (QED) is 0.236. The summed E-state index contributed by atoms with van der Waals surface area (Å²) in [7, 11) is -4.02. The van der Waals surface area contributed by atoms with E-state index in [4.69, 9.17) is 29.2 Å². The number of aryl methyl sites for hydroxylation is 1. The minimum Gasteiger partial charge on any atom is -0.461 e. The summed E-state index contributed by atoms with van der Waals surface area (Å²) in [5.74, 6) is -0.264. The Balaban J connectivity index is 0.000000412. The van der Waals surface area contributed by atoms with E-state index in [0.717, 1.165) is 11.1 Å². The second-order valence-corrected chi connectivity index (χ2v) is 8.23. The Kier molecular flexibility index (Phi) is 14.9. The van der Waals surface area contributed by atoms with Gasteiger partial charge in [0, 0.05) is 6.54 Å². The van der Waals surface area contributed by atoms with Gasteiger partial charge in [-0.25, -0.2) is 0 Å². The van der Waals surface area contributed by atoms with Crippen LogP contribution < -0.4 is 5.73 Å². The molecule has 9 nitrogen and oxygen atoms in total. The normalized spacial score (nSPS) is 10.9. The molecule has 3 N–H and O–H groups in total. The Hall–Kier alpha value is -2.34. The van der Waals surface area contributed by atoms with Crippen LogP contribution in [0.15, 0.2) is 59.5 Å². The van der Waals surface area contributed by atoms with Crippen molar-refractivity contribution in [1.29, 1.82) is 0 Å². The standard InChI is InChI=1S/C16H25NO5.C7H8O3S/c17-7-9-20-11-13-21-12-10-19-8-6-16(18)22-14-15-4-2-1-3-5-15;1-6-2-4-7(5-3-6)11(8,9)10/h1-5H,6-14,17H2;2-5H,1H3,(H,8,9,10). The highest BCUT2D eigenvalue weighted by Crippen LogP contribution is 2.08. The van der Waals surface area contributed by atoms with Crippen molar-refractivity contribution in [1.82, 2.24) is 0 Å². The van der Waals surface area contributed by atoms with Gasteiger partial charge in [-0.3, -0.25) is 9.35 Å². The predicted molar refractivity (Wildman–Crippen MR) is 123 cm³/mol. The first kappa shape index (κ1) is 28.7. The fourth-order valence-corrected chi connectivity index (χ4v) is 2.78. The first-order chi connectivity index (χ1) is 15.8. The first-order valence-corrected chi connectivity index (χ1v) is 11.9. The molecular formula is C23H33NO8S. The summed E-state index contributed by atoms with van der Waals surface area (Å²) in [5.41, 5.74) is 7.21. The second kappa shape index (κ2) is 17.2. The van der Waals surface area contributed by atoms with Crippen LogP contribution in [0.4, 0.5) is 0 Å². The number of carbonyl (C=O) groups is 1. The highest BCUT2D eigenvalue weighted by Gasteiger charge is 2.07. The smallest absolute Gasteiger partial charge is 0.308 e. The molecule has 2 aromatic carbocycles. The molecule has 0 aliphatic rings. The second-order valence-electron chi connectivity index (χ2n) is 6.81. The van der Waals surface area contributed by atoms with Crippen LogP contribution in [-0.4, -0.2) is 65.1 Å². The minimum absolute atomic E-state index is 0.0666. The van der Waals surface area contributed by atoms with Crippen LogP contribution >= 0.6 is 0 Å². The third-order valence-corrected chi connectivity index (χ3v) is 4.89. The zero-order valence-corrected chi connectivity index (χ0v) is 19.7. The molecule has 0 aliphatic carbocycles. The molecule has 0 radical (unpaired) electrons. The molecule has 0 spiro atoms. The van der Waals surface area contributed by atoms with Crippen LogP contribution in [0.5, 0.6) is 0 Å². The van der Waals surface area contributed by atoms with Gasteiger partial charge in [-0.05, 0) is 24.6 Å². The van der Waals surface area contributed by atoms with Crippen LogP contribution in [0.2, 0.25) is 0 Å². The summed E-state index contributed by atoms with van der Waals surface area (Å²) < 4.78 is 50.4. The Morgan fingerprint density at radius 1 is 0.848 bits per heavy atom. The Bertz CT molecular complexity index is 873. The zero-order valence-electron chi connectivity index (χ0n) is 18.9. The first-order valence-electron chi connectivity index (χ1n) is 10.5. The topological polar surface area (TPSA) is 134 Å². The summed E-state index contributed by atoms with van der Waals surface area (Å²) in [5, 5.41) is 0. The van der Waals surface area contributed by atoms with Gasteiger partial charge < -0.3 is 24.7 Å². The number of carbonyl (C=O) groups excluding carboxylic acids is 1. The number of ether oxygens (including phenoxy) is 4. The summed E-state index contributed by atoms with van der Waals surface area (Å²) in [4.78, 5) is 11.4. The summed E-state index contributed by atoms with van der Waals surface area (Å²) >= 11 is 0. The highest BCUT2D eigenvalue weighted by atomic mass is 32.2. The van der Waals surface area contributed by atoms with Crippen molar-refractivity contribution >= 4 is 16.1 Å². The largest absolute Gasteiger partial charge is 0.461 e. The van der Waals surface area contributed by atoms with Gasteiger partial charge in [0.05, 0.1) is 51.0 Å². The lowest BCUT2D eigenvalue weighted by molar-refractivity contribution is -0.146. The fraction of sp³-hybridized carbons (Fsp3) is 0.435. The fourth-order valence-electron chi connectivity index (χ4n) is 2.30. The summed E-state index contributed by atoms with van der Waals surface area (Å²) in [6.45, 7) is 5.51. The van der Waals surface area contributed by atoms with Gasteiger partial charge in [-0.2, -0.15) is 8.42 Å². The lowest BCUT2D eigenvalue weighted by Gasteiger charge is -2.07. The Morgan fingerprint density at radius 2 is 1.39 bits per heavy atom. The molecule has 0 saturated heterocycles. The van der Waals surface area contributed by atoms with Crippen LogP contribution in [0.25, 0.3) is 0 Å². The lowest BCUT2D eigenvalue weighted by Crippen LogP contribution is -2.14. The average molecular weight is 484 g/mol. The van der Waals surface area contributed by atoms with E-state index < -0.39 is 10.1 Å². The van der Waals surface area contributed by atoms with Crippen LogP contribution in [0.3, 0.4) is 0 Å². The number of esters is 1. The third-order valence-electron chi connectivity index (χ3n) is 4.02. The molecule has 0 amide bonds. The van der Waals surface area contributed by atoms with E-state index in [2.05, 4.69) is 0 Å². The van der Waals surface area contributed by atoms with Gasteiger partial charge in [-0.1, -0.05) is 48.0 Å². The third kappa shape index (κ3) is 15.2. The molecule has 0 atom stereocenters. The molecule has 0 aliphatic heterocycles. The molecule has 0 aromatic heterocycles. The maximum Gasteiger partial charge on any atom is 0.308 e. The zero-order chi connectivity index (χ0) is 24.4. The van der Waals surface area contributed by atoms with Crippen molar-refractivity contribution in [2.75, 3.05) is 46.2 Å². The maximum absolute atomic E-state index is 11.5. The van der Waals surface area contributed by atoms with Gasteiger partial charge in [0.25, 0.3) is 10.1 Å². The monoisotopic (exact) mass is 483 g/mol. The van der Waals surface area contributed by atoms with Gasteiger partial charge in [0.15, 0.2) is 0 Å². The molecule has 2 rings (SSSR count). The Morgan fingerprint density at radius 3 is 1.94 bits per heavy atom. The SMILES string of the molecule is Cc1ccc(S(=O)(=O)O)cc1.NCCOCCOCCOCCC(=O)OCc1ccccc1. The van der Waals surface area contributed by atoms with Crippen molar-refractivity contribution in [3.05, 3.63) is 65.7 Å². The van der Waals surface area contributed by atoms with E-state index in [1.54, 1.807) is 12.1 Å². The van der Waals surface area contributed by atoms with Gasteiger partial charge in [0.1, 0.15) is 6.61 Å². The number of hydrogen-bond acceptors (Lipinski definition) is 8. The van der Waals surface area contributed by atoms with Crippen molar-refractivity contribution in [2.45, 2.75) is 24.8 Å². The van der Waals surface area contributed by atoms with Gasteiger partial charge in [0.2, 0.25) is 0 Å². The van der Waals surface area contributed by atoms with Crippen LogP contribution in [0, 0.1) is 6.92 Å². The molecule has 2 aromatic rings. The minimum atomic E-state index is -4.02. The van der Waals surface area contributed by atoms with Gasteiger partial charge in [-0.15, -0.1) is 0 Å². The number of hydrogen-bond donors (Lipinski definition) is 2. The van der Waals surface area contributed by atoms with Crippen LogP contribution in [0.1, 0.15) is 17.5 Å². The molecular weight excluding hydrogens is 450 g/mol. The van der Waals surface area contributed by atoms with E-state index in [0.29, 0.717) is 52.8 Å². The van der Waals surface area contributed by atoms with Crippen molar-refractivity contribution in [3.63, 3.8) is 0 Å². The summed E-state index contributed by atoms with van der Waals surface area (Å²) in [6, 6.07) is 15.6. The average Bonchev–Trinajstić information content (AvgIpc) is 2.80. The molecule has 184 valence electrons. The van der Waals surface area contributed by atoms with Crippen molar-refractivity contribution in [3.8, 4) is 0 Å². The van der Waals surface area contributed by atoms with Crippen LogP contribution in [-0.2, 0) is 40.5 Å². The summed E-state index contributed by atoms with van der Waals surface area (Å²) in [6.07, 6.45) is 0.243. The molecule has 0 unspecified atom stereocenters. The van der Waals surface area contributed by atoms with E-state index >= 15 is 0 Å². The highest BCUT2D eigenvalue weighted by molar-refractivity contribution is 7.85. The van der Waals surface area contributed by atoms with Gasteiger partial charge >= 0.3 is 5.97 Å².